The lowest BCUT2D eigenvalue weighted by Crippen LogP contribution is -2.55. The summed E-state index contributed by atoms with van der Waals surface area (Å²) < 4.78 is 12.2. The van der Waals surface area contributed by atoms with Gasteiger partial charge in [-0.2, -0.15) is 0 Å². The Bertz CT molecular complexity index is 819. The minimum Gasteiger partial charge on any atom is -0.388 e. The summed E-state index contributed by atoms with van der Waals surface area (Å²) in [6.07, 6.45) is -4.39. The molecule has 3 N–H and O–H groups in total. The summed E-state index contributed by atoms with van der Waals surface area (Å²) in [7, 11) is 0. The van der Waals surface area contributed by atoms with Gasteiger partial charge in [0.25, 0.3) is 0 Å². The second-order valence-corrected chi connectivity index (χ2v) is 7.51. The highest BCUT2D eigenvalue weighted by atomic mass is 16.6. The van der Waals surface area contributed by atoms with Crippen molar-refractivity contribution in [2.75, 3.05) is 13.2 Å². The summed E-state index contributed by atoms with van der Waals surface area (Å²) in [5.41, 5.74) is 1.88. The predicted octanol–water partition coefficient (Wildman–Crippen LogP) is 2.48. The van der Waals surface area contributed by atoms with Crippen molar-refractivity contribution in [1.29, 1.82) is 0 Å². The van der Waals surface area contributed by atoms with Crippen LogP contribution in [0.15, 0.2) is 91.0 Å². The van der Waals surface area contributed by atoms with Gasteiger partial charge in [0.05, 0.1) is 13.2 Å². The van der Waals surface area contributed by atoms with Crippen LogP contribution in [0.5, 0.6) is 0 Å². The molecule has 1 heterocycles. The Morgan fingerprint density at radius 2 is 1.13 bits per heavy atom. The molecule has 0 spiro atoms. The van der Waals surface area contributed by atoms with Gasteiger partial charge in [0, 0.05) is 0 Å². The van der Waals surface area contributed by atoms with E-state index >= 15 is 0 Å². The largest absolute Gasteiger partial charge is 0.388 e. The third-order valence-corrected chi connectivity index (χ3v) is 5.61. The summed E-state index contributed by atoms with van der Waals surface area (Å²) in [5.74, 6) is 0. The van der Waals surface area contributed by atoms with Gasteiger partial charge < -0.3 is 24.8 Å². The van der Waals surface area contributed by atoms with E-state index in [0.717, 1.165) is 16.7 Å². The summed E-state index contributed by atoms with van der Waals surface area (Å²) in [5, 5.41) is 30.2. The zero-order chi connectivity index (χ0) is 21.0. The molecule has 1 saturated heterocycles. The first-order valence-electron chi connectivity index (χ1n) is 10.1. The maximum Gasteiger partial charge on any atom is 0.143 e. The molecule has 0 saturated carbocycles. The van der Waals surface area contributed by atoms with E-state index in [9.17, 15) is 15.3 Å². The standard InChI is InChI=1S/C25H26O5/c26-21-16-29-22(24(28)23(21)27)17-30-25(18-10-4-1-5-11-18,19-12-6-2-7-13-19)20-14-8-3-9-15-20/h1-15,21-24,26-28H,16-17H2. The van der Waals surface area contributed by atoms with Crippen LogP contribution in [0.25, 0.3) is 0 Å². The molecule has 0 aromatic heterocycles. The van der Waals surface area contributed by atoms with Gasteiger partial charge in [-0.1, -0.05) is 91.0 Å². The third-order valence-electron chi connectivity index (χ3n) is 5.61. The molecule has 1 aliphatic rings. The van der Waals surface area contributed by atoms with Crippen LogP contribution in [0.3, 0.4) is 0 Å². The molecule has 1 fully saturated rings. The number of hydrogen-bond donors (Lipinski definition) is 3. The minimum atomic E-state index is -1.27. The van der Waals surface area contributed by atoms with E-state index in [1.807, 2.05) is 91.0 Å². The van der Waals surface area contributed by atoms with Crippen molar-refractivity contribution in [2.45, 2.75) is 30.0 Å². The molecular formula is C25H26O5. The third kappa shape index (κ3) is 3.90. The average molecular weight is 406 g/mol. The number of ether oxygens (including phenoxy) is 2. The molecule has 4 atom stereocenters. The van der Waals surface area contributed by atoms with E-state index in [0.29, 0.717) is 0 Å². The SMILES string of the molecule is OC1COC(COC(c2ccccc2)(c2ccccc2)c2ccccc2)C(O)C1O. The molecule has 0 bridgehead atoms. The van der Waals surface area contributed by atoms with Gasteiger partial charge >= 0.3 is 0 Å². The molecule has 3 aromatic carbocycles. The van der Waals surface area contributed by atoms with Crippen molar-refractivity contribution in [3.63, 3.8) is 0 Å². The molecule has 156 valence electrons. The Morgan fingerprint density at radius 3 is 1.57 bits per heavy atom. The Morgan fingerprint density at radius 1 is 0.700 bits per heavy atom. The van der Waals surface area contributed by atoms with Crippen molar-refractivity contribution in [1.82, 2.24) is 0 Å². The zero-order valence-corrected chi connectivity index (χ0v) is 16.5. The van der Waals surface area contributed by atoms with Crippen molar-refractivity contribution >= 4 is 0 Å². The molecule has 5 nitrogen and oxygen atoms in total. The maximum atomic E-state index is 10.4. The normalized spacial score (nSPS) is 24.5. The minimum absolute atomic E-state index is 0.0314. The van der Waals surface area contributed by atoms with Gasteiger partial charge in [0.2, 0.25) is 0 Å². The van der Waals surface area contributed by atoms with Crippen LogP contribution >= 0.6 is 0 Å². The molecule has 30 heavy (non-hydrogen) atoms. The van der Waals surface area contributed by atoms with Crippen LogP contribution in [0, 0.1) is 0 Å². The Balaban J connectivity index is 1.77. The second kappa shape index (κ2) is 9.08. The summed E-state index contributed by atoms with van der Waals surface area (Å²) in [6.45, 7) is -0.0229. The van der Waals surface area contributed by atoms with Crippen LogP contribution in [-0.4, -0.2) is 52.9 Å². The molecule has 5 heteroatoms. The van der Waals surface area contributed by atoms with Crippen LogP contribution in [0.4, 0.5) is 0 Å². The van der Waals surface area contributed by atoms with Gasteiger partial charge in [0.1, 0.15) is 30.0 Å². The number of rotatable bonds is 6. The van der Waals surface area contributed by atoms with Crippen LogP contribution in [0.1, 0.15) is 16.7 Å². The van der Waals surface area contributed by atoms with Gasteiger partial charge in [-0.25, -0.2) is 0 Å². The van der Waals surface area contributed by atoms with E-state index < -0.39 is 30.0 Å². The topological polar surface area (TPSA) is 79.2 Å². The van der Waals surface area contributed by atoms with Crippen LogP contribution < -0.4 is 0 Å². The molecule has 3 aromatic rings. The number of benzene rings is 3. The Labute approximate surface area is 176 Å². The smallest absolute Gasteiger partial charge is 0.143 e. The highest BCUT2D eigenvalue weighted by molar-refractivity contribution is 5.47. The zero-order valence-electron chi connectivity index (χ0n) is 16.5. The van der Waals surface area contributed by atoms with Crippen LogP contribution in [-0.2, 0) is 15.1 Å². The highest BCUT2D eigenvalue weighted by Crippen LogP contribution is 2.40. The summed E-state index contributed by atoms with van der Waals surface area (Å²) in [6, 6.07) is 29.7. The first-order valence-corrected chi connectivity index (χ1v) is 10.1. The lowest BCUT2D eigenvalue weighted by molar-refractivity contribution is -0.206. The molecule has 0 radical (unpaired) electrons. The van der Waals surface area contributed by atoms with Crippen molar-refractivity contribution < 1.29 is 24.8 Å². The van der Waals surface area contributed by atoms with Gasteiger partial charge in [0.15, 0.2) is 0 Å². The lowest BCUT2D eigenvalue weighted by Gasteiger charge is -2.40. The van der Waals surface area contributed by atoms with Crippen LogP contribution in [0.2, 0.25) is 0 Å². The fourth-order valence-electron chi connectivity index (χ4n) is 3.99. The van der Waals surface area contributed by atoms with E-state index in [-0.39, 0.29) is 13.2 Å². The monoisotopic (exact) mass is 406 g/mol. The van der Waals surface area contributed by atoms with Crippen molar-refractivity contribution in [2.24, 2.45) is 0 Å². The Hall–Kier alpha value is -2.54. The van der Waals surface area contributed by atoms with Gasteiger partial charge in [-0.15, -0.1) is 0 Å². The first-order chi connectivity index (χ1) is 14.6. The fraction of sp³-hybridized carbons (Fsp3) is 0.280. The van der Waals surface area contributed by atoms with E-state index in [1.165, 1.54) is 0 Å². The number of aliphatic hydroxyl groups excluding tert-OH is 3. The average Bonchev–Trinajstić information content (AvgIpc) is 2.81. The summed E-state index contributed by atoms with van der Waals surface area (Å²) in [4.78, 5) is 0. The maximum absolute atomic E-state index is 10.4. The Kier molecular flexibility index (Phi) is 6.27. The van der Waals surface area contributed by atoms with Gasteiger partial charge in [-0.05, 0) is 16.7 Å². The first kappa shape index (κ1) is 20.7. The second-order valence-electron chi connectivity index (χ2n) is 7.51. The molecular weight excluding hydrogens is 380 g/mol. The quantitative estimate of drug-likeness (QED) is 0.548. The van der Waals surface area contributed by atoms with Crippen molar-refractivity contribution in [3.8, 4) is 0 Å². The van der Waals surface area contributed by atoms with E-state index in [4.69, 9.17) is 9.47 Å². The molecule has 1 aliphatic heterocycles. The number of hydrogen-bond acceptors (Lipinski definition) is 5. The van der Waals surface area contributed by atoms with E-state index in [1.54, 1.807) is 0 Å². The molecule has 0 amide bonds. The van der Waals surface area contributed by atoms with Gasteiger partial charge in [-0.3, -0.25) is 0 Å². The fourth-order valence-corrected chi connectivity index (χ4v) is 3.99. The predicted molar refractivity (Wildman–Crippen MR) is 113 cm³/mol. The molecule has 0 aliphatic carbocycles. The van der Waals surface area contributed by atoms with Crippen molar-refractivity contribution in [3.05, 3.63) is 108 Å². The van der Waals surface area contributed by atoms with E-state index in [2.05, 4.69) is 0 Å². The highest BCUT2D eigenvalue weighted by Gasteiger charge is 2.42. The molecule has 4 unspecified atom stereocenters. The summed E-state index contributed by atoms with van der Waals surface area (Å²) >= 11 is 0. The molecule has 4 rings (SSSR count). The number of aliphatic hydroxyl groups is 3. The lowest BCUT2D eigenvalue weighted by atomic mass is 9.80.